The summed E-state index contributed by atoms with van der Waals surface area (Å²) in [7, 11) is 0. The van der Waals surface area contributed by atoms with Crippen molar-refractivity contribution in [3.63, 3.8) is 0 Å². The molecule has 0 radical (unpaired) electrons. The van der Waals surface area contributed by atoms with Crippen molar-refractivity contribution in [2.75, 3.05) is 0 Å². The number of benzene rings is 1. The Kier molecular flexibility index (Phi) is 4.68. The van der Waals surface area contributed by atoms with Gasteiger partial charge in [-0.3, -0.25) is 4.79 Å². The molecule has 1 heterocycles. The molecule has 0 saturated carbocycles. The van der Waals surface area contributed by atoms with E-state index < -0.39 is 0 Å². The molecule has 106 valence electrons. The van der Waals surface area contributed by atoms with Crippen molar-refractivity contribution >= 4 is 17.2 Å². The topological polar surface area (TPSA) is 51.2 Å². The number of thiazole rings is 1. The molecule has 0 unspecified atom stereocenters. The van der Waals surface area contributed by atoms with E-state index in [-0.39, 0.29) is 24.4 Å². The molecular formula is C14H15FN2O2S. The van der Waals surface area contributed by atoms with Gasteiger partial charge < -0.3 is 10.1 Å². The summed E-state index contributed by atoms with van der Waals surface area (Å²) in [5, 5.41) is 5.17. The lowest BCUT2D eigenvalue weighted by Crippen LogP contribution is -2.30. The monoisotopic (exact) mass is 294 g/mol. The molecule has 0 aliphatic carbocycles. The minimum atomic E-state index is -0.306. The average molecular weight is 294 g/mol. The highest BCUT2D eigenvalue weighted by Gasteiger charge is 2.11. The smallest absolute Gasteiger partial charge is 0.270 e. The SMILES string of the molecule is CC(C)NC(=O)c1csc(COc2ccc(F)cc2)n1. The summed E-state index contributed by atoms with van der Waals surface area (Å²) in [5.41, 5.74) is 0.390. The number of nitrogens with one attached hydrogen (secondary N) is 1. The van der Waals surface area contributed by atoms with Gasteiger partial charge in [0.05, 0.1) is 0 Å². The van der Waals surface area contributed by atoms with Crippen LogP contribution < -0.4 is 10.1 Å². The van der Waals surface area contributed by atoms with E-state index in [1.165, 1.54) is 23.5 Å². The van der Waals surface area contributed by atoms with Gasteiger partial charge in [-0.15, -0.1) is 11.3 Å². The summed E-state index contributed by atoms with van der Waals surface area (Å²) < 4.78 is 18.2. The van der Waals surface area contributed by atoms with Gasteiger partial charge in [-0.05, 0) is 38.1 Å². The minimum Gasteiger partial charge on any atom is -0.486 e. The number of ether oxygens (including phenoxy) is 1. The van der Waals surface area contributed by atoms with Crippen molar-refractivity contribution in [3.8, 4) is 5.75 Å². The number of hydrogen-bond acceptors (Lipinski definition) is 4. The maximum atomic E-state index is 12.7. The van der Waals surface area contributed by atoms with Crippen LogP contribution in [0.4, 0.5) is 4.39 Å². The van der Waals surface area contributed by atoms with Crippen LogP contribution in [-0.4, -0.2) is 16.9 Å². The Balaban J connectivity index is 1.92. The molecular weight excluding hydrogens is 279 g/mol. The maximum absolute atomic E-state index is 12.7. The Hall–Kier alpha value is -1.95. The summed E-state index contributed by atoms with van der Waals surface area (Å²) in [6.45, 7) is 4.04. The summed E-state index contributed by atoms with van der Waals surface area (Å²) >= 11 is 1.36. The molecule has 0 saturated heterocycles. The van der Waals surface area contributed by atoms with Crippen LogP contribution in [0.5, 0.6) is 5.75 Å². The Morgan fingerprint density at radius 3 is 2.75 bits per heavy atom. The highest BCUT2D eigenvalue weighted by Crippen LogP contribution is 2.16. The first-order valence-electron chi connectivity index (χ1n) is 6.18. The van der Waals surface area contributed by atoms with E-state index in [9.17, 15) is 9.18 Å². The van der Waals surface area contributed by atoms with Crippen molar-refractivity contribution < 1.29 is 13.9 Å². The van der Waals surface area contributed by atoms with Crippen LogP contribution in [0, 0.1) is 5.82 Å². The lowest BCUT2D eigenvalue weighted by atomic mass is 10.3. The fraction of sp³-hybridized carbons (Fsp3) is 0.286. The van der Waals surface area contributed by atoms with Gasteiger partial charge in [0, 0.05) is 11.4 Å². The molecule has 1 amide bonds. The molecule has 2 rings (SSSR count). The number of carbonyl (C=O) groups excluding carboxylic acids is 1. The van der Waals surface area contributed by atoms with E-state index >= 15 is 0 Å². The summed E-state index contributed by atoms with van der Waals surface area (Å²) in [4.78, 5) is 15.9. The molecule has 20 heavy (non-hydrogen) atoms. The van der Waals surface area contributed by atoms with E-state index in [2.05, 4.69) is 10.3 Å². The first kappa shape index (κ1) is 14.5. The molecule has 0 fully saturated rings. The second-order valence-corrected chi connectivity index (χ2v) is 5.44. The van der Waals surface area contributed by atoms with E-state index in [1.807, 2.05) is 13.8 Å². The number of carbonyl (C=O) groups is 1. The van der Waals surface area contributed by atoms with E-state index in [0.29, 0.717) is 16.5 Å². The van der Waals surface area contributed by atoms with Gasteiger partial charge in [-0.2, -0.15) is 0 Å². The van der Waals surface area contributed by atoms with Gasteiger partial charge in [0.25, 0.3) is 5.91 Å². The third kappa shape index (κ3) is 4.03. The van der Waals surface area contributed by atoms with Crippen LogP contribution in [0.3, 0.4) is 0 Å². The van der Waals surface area contributed by atoms with Crippen LogP contribution in [-0.2, 0) is 6.61 Å². The summed E-state index contributed by atoms with van der Waals surface area (Å²) in [6, 6.07) is 5.84. The van der Waals surface area contributed by atoms with Crippen molar-refractivity contribution in [2.24, 2.45) is 0 Å². The summed E-state index contributed by atoms with van der Waals surface area (Å²) in [5.74, 6) is 0.0679. The third-order valence-corrected chi connectivity index (χ3v) is 3.20. The van der Waals surface area contributed by atoms with Gasteiger partial charge in [-0.1, -0.05) is 0 Å². The molecule has 4 nitrogen and oxygen atoms in total. The Labute approximate surface area is 120 Å². The molecule has 0 bridgehead atoms. The number of aromatic nitrogens is 1. The zero-order valence-electron chi connectivity index (χ0n) is 11.2. The van der Waals surface area contributed by atoms with Crippen molar-refractivity contribution in [1.29, 1.82) is 0 Å². The van der Waals surface area contributed by atoms with E-state index in [0.717, 1.165) is 0 Å². The highest BCUT2D eigenvalue weighted by molar-refractivity contribution is 7.09. The molecule has 6 heteroatoms. The van der Waals surface area contributed by atoms with Gasteiger partial charge in [0.1, 0.15) is 28.9 Å². The lowest BCUT2D eigenvalue weighted by Gasteiger charge is -2.05. The predicted octanol–water partition coefficient (Wildman–Crippen LogP) is 3.00. The third-order valence-electron chi connectivity index (χ3n) is 2.38. The summed E-state index contributed by atoms with van der Waals surface area (Å²) in [6.07, 6.45) is 0. The number of halogens is 1. The van der Waals surface area contributed by atoms with Crippen LogP contribution in [0.2, 0.25) is 0 Å². The lowest BCUT2D eigenvalue weighted by molar-refractivity contribution is 0.0938. The van der Waals surface area contributed by atoms with Gasteiger partial charge >= 0.3 is 0 Å². The zero-order valence-corrected chi connectivity index (χ0v) is 12.0. The van der Waals surface area contributed by atoms with Crippen molar-refractivity contribution in [1.82, 2.24) is 10.3 Å². The largest absolute Gasteiger partial charge is 0.486 e. The minimum absolute atomic E-state index is 0.0723. The van der Waals surface area contributed by atoms with E-state index in [1.54, 1.807) is 17.5 Å². The predicted molar refractivity (Wildman–Crippen MR) is 75.4 cm³/mol. The molecule has 1 N–H and O–H groups in total. The first-order valence-corrected chi connectivity index (χ1v) is 7.06. The van der Waals surface area contributed by atoms with Crippen LogP contribution in [0.15, 0.2) is 29.6 Å². The fourth-order valence-electron chi connectivity index (χ4n) is 1.49. The van der Waals surface area contributed by atoms with Crippen LogP contribution in [0.25, 0.3) is 0 Å². The second kappa shape index (κ2) is 6.47. The molecule has 0 atom stereocenters. The standard InChI is InChI=1S/C14H15FN2O2S/c1-9(2)16-14(18)12-8-20-13(17-12)7-19-11-5-3-10(15)4-6-11/h3-6,8-9H,7H2,1-2H3,(H,16,18). The molecule has 1 aromatic heterocycles. The van der Waals surface area contributed by atoms with Crippen molar-refractivity contribution in [2.45, 2.75) is 26.5 Å². The van der Waals surface area contributed by atoms with Crippen LogP contribution >= 0.6 is 11.3 Å². The molecule has 0 aliphatic rings. The molecule has 2 aromatic rings. The molecule has 0 aliphatic heterocycles. The number of hydrogen-bond donors (Lipinski definition) is 1. The first-order chi connectivity index (χ1) is 9.54. The molecule has 0 spiro atoms. The highest BCUT2D eigenvalue weighted by atomic mass is 32.1. The Morgan fingerprint density at radius 2 is 2.10 bits per heavy atom. The quantitative estimate of drug-likeness (QED) is 0.922. The van der Waals surface area contributed by atoms with Gasteiger partial charge in [0.15, 0.2) is 0 Å². The van der Waals surface area contributed by atoms with E-state index in [4.69, 9.17) is 4.74 Å². The van der Waals surface area contributed by atoms with Gasteiger partial charge in [0.2, 0.25) is 0 Å². The van der Waals surface area contributed by atoms with Crippen LogP contribution in [0.1, 0.15) is 29.3 Å². The zero-order chi connectivity index (χ0) is 14.5. The number of amides is 1. The number of nitrogens with zero attached hydrogens (tertiary/aromatic N) is 1. The molecule has 1 aromatic carbocycles. The van der Waals surface area contributed by atoms with Gasteiger partial charge in [-0.25, -0.2) is 9.37 Å². The Morgan fingerprint density at radius 1 is 1.40 bits per heavy atom. The van der Waals surface area contributed by atoms with Crippen molar-refractivity contribution in [3.05, 3.63) is 46.2 Å². The number of rotatable bonds is 5. The fourth-order valence-corrected chi connectivity index (χ4v) is 2.18. The average Bonchev–Trinajstić information content (AvgIpc) is 2.86. The second-order valence-electron chi connectivity index (χ2n) is 4.50. The maximum Gasteiger partial charge on any atom is 0.270 e. The normalized spacial score (nSPS) is 10.6. The Bertz CT molecular complexity index is 581.